The van der Waals surface area contributed by atoms with Gasteiger partial charge in [0.1, 0.15) is 6.04 Å². The van der Waals surface area contributed by atoms with E-state index in [9.17, 15) is 9.59 Å². The Kier molecular flexibility index (Phi) is 4.87. The predicted octanol–water partition coefficient (Wildman–Crippen LogP) is 3.92. The fourth-order valence-corrected chi connectivity index (χ4v) is 3.77. The van der Waals surface area contributed by atoms with Crippen LogP contribution in [-0.4, -0.2) is 16.8 Å². The smallest absolute Gasteiger partial charge is 0.252 e. The molecular formula is C22H17N3O2S. The third kappa shape index (κ3) is 3.50. The Morgan fingerprint density at radius 3 is 2.43 bits per heavy atom. The summed E-state index contributed by atoms with van der Waals surface area (Å²) in [5.41, 5.74) is 8.08. The molecule has 4 aromatic rings. The fourth-order valence-electron chi connectivity index (χ4n) is 3.09. The van der Waals surface area contributed by atoms with E-state index in [0.29, 0.717) is 22.3 Å². The van der Waals surface area contributed by atoms with Crippen molar-refractivity contribution in [3.63, 3.8) is 0 Å². The maximum Gasteiger partial charge on any atom is 0.252 e. The summed E-state index contributed by atoms with van der Waals surface area (Å²) >= 11 is 1.55. The normalized spacial score (nSPS) is 11.9. The molecule has 6 heteroatoms. The lowest BCUT2D eigenvalue weighted by Gasteiger charge is -2.17. The van der Waals surface area contributed by atoms with E-state index in [-0.39, 0.29) is 5.91 Å². The first-order valence-corrected chi connectivity index (χ1v) is 9.60. The number of amides is 2. The van der Waals surface area contributed by atoms with Crippen molar-refractivity contribution in [1.82, 2.24) is 10.3 Å². The molecule has 0 aliphatic heterocycles. The van der Waals surface area contributed by atoms with Crippen molar-refractivity contribution in [3.05, 3.63) is 89.3 Å². The van der Waals surface area contributed by atoms with E-state index in [0.717, 1.165) is 10.3 Å². The molecule has 0 aliphatic carbocycles. The van der Waals surface area contributed by atoms with E-state index in [1.165, 1.54) is 0 Å². The molecule has 0 saturated carbocycles. The number of carbonyl (C=O) groups excluding carboxylic acids is 2. The zero-order valence-electron chi connectivity index (χ0n) is 14.8. The molecule has 0 spiro atoms. The van der Waals surface area contributed by atoms with Crippen LogP contribution < -0.4 is 11.1 Å². The topological polar surface area (TPSA) is 85.1 Å². The highest BCUT2D eigenvalue weighted by Gasteiger charge is 2.22. The van der Waals surface area contributed by atoms with Gasteiger partial charge in [0.25, 0.3) is 5.91 Å². The number of nitrogens with one attached hydrogen (secondary N) is 1. The molecule has 3 N–H and O–H groups in total. The van der Waals surface area contributed by atoms with E-state index in [1.807, 2.05) is 47.8 Å². The van der Waals surface area contributed by atoms with Crippen LogP contribution in [0.4, 0.5) is 0 Å². The van der Waals surface area contributed by atoms with Crippen molar-refractivity contribution < 1.29 is 9.59 Å². The van der Waals surface area contributed by atoms with E-state index < -0.39 is 11.9 Å². The lowest BCUT2D eigenvalue weighted by Crippen LogP contribution is -2.37. The van der Waals surface area contributed by atoms with E-state index in [4.69, 9.17) is 5.73 Å². The number of thiophene rings is 1. The minimum Gasteiger partial charge on any atom is -0.368 e. The Labute approximate surface area is 165 Å². The number of aromatic nitrogens is 1. The molecule has 2 aromatic carbocycles. The van der Waals surface area contributed by atoms with Crippen LogP contribution in [0.15, 0.2) is 78.2 Å². The molecule has 4 rings (SSSR count). The fraction of sp³-hybridized carbons (Fsp3) is 0.0455. The van der Waals surface area contributed by atoms with Crippen LogP contribution in [0.1, 0.15) is 22.0 Å². The molecule has 138 valence electrons. The highest BCUT2D eigenvalue weighted by atomic mass is 32.1. The Bertz CT molecular complexity index is 1140. The molecule has 0 fully saturated rings. The quantitative estimate of drug-likeness (QED) is 0.544. The maximum atomic E-state index is 13.1. The monoisotopic (exact) mass is 387 g/mol. The first-order valence-electron chi connectivity index (χ1n) is 8.72. The number of hydrogen-bond donors (Lipinski definition) is 2. The summed E-state index contributed by atoms with van der Waals surface area (Å²) in [7, 11) is 0. The lowest BCUT2D eigenvalue weighted by atomic mass is 10.0. The van der Waals surface area contributed by atoms with Crippen molar-refractivity contribution in [2.75, 3.05) is 0 Å². The molecule has 1 atom stereocenters. The van der Waals surface area contributed by atoms with Gasteiger partial charge in [-0.1, -0.05) is 54.6 Å². The first kappa shape index (κ1) is 17.9. The molecule has 28 heavy (non-hydrogen) atoms. The average molecular weight is 387 g/mol. The average Bonchev–Trinajstić information content (AvgIpc) is 3.26. The predicted molar refractivity (Wildman–Crippen MR) is 111 cm³/mol. The second-order valence-electron chi connectivity index (χ2n) is 6.27. The van der Waals surface area contributed by atoms with Gasteiger partial charge in [0.15, 0.2) is 0 Å². The number of rotatable bonds is 5. The zero-order valence-corrected chi connectivity index (χ0v) is 15.6. The number of benzene rings is 2. The molecule has 0 saturated heterocycles. The molecule has 2 aromatic heterocycles. The largest absolute Gasteiger partial charge is 0.368 e. The SMILES string of the molecule is NC(=O)[C@H](NC(=O)c1cc(-c2cccs2)nc2ccccc12)c1ccccc1. The van der Waals surface area contributed by atoms with Crippen molar-refractivity contribution in [2.45, 2.75) is 6.04 Å². The van der Waals surface area contributed by atoms with Crippen molar-refractivity contribution in [2.24, 2.45) is 5.73 Å². The summed E-state index contributed by atoms with van der Waals surface area (Å²) in [5.74, 6) is -0.986. The Balaban J connectivity index is 1.77. The van der Waals surface area contributed by atoms with E-state index in [1.54, 1.807) is 41.7 Å². The van der Waals surface area contributed by atoms with Gasteiger partial charge in [-0.05, 0) is 29.1 Å². The van der Waals surface area contributed by atoms with Crippen molar-refractivity contribution >= 4 is 34.1 Å². The van der Waals surface area contributed by atoms with Crippen LogP contribution in [0.3, 0.4) is 0 Å². The van der Waals surface area contributed by atoms with Crippen LogP contribution >= 0.6 is 11.3 Å². The number of para-hydroxylation sites is 1. The van der Waals surface area contributed by atoms with Crippen molar-refractivity contribution in [1.29, 1.82) is 0 Å². The third-order valence-electron chi connectivity index (χ3n) is 4.43. The van der Waals surface area contributed by atoms with Crippen LogP contribution in [0.5, 0.6) is 0 Å². The van der Waals surface area contributed by atoms with Crippen LogP contribution in [0.25, 0.3) is 21.5 Å². The summed E-state index contributed by atoms with van der Waals surface area (Å²) in [6.45, 7) is 0. The molecule has 5 nitrogen and oxygen atoms in total. The maximum absolute atomic E-state index is 13.1. The number of pyridine rings is 1. The van der Waals surface area contributed by atoms with Crippen LogP contribution in [-0.2, 0) is 4.79 Å². The van der Waals surface area contributed by atoms with Gasteiger partial charge in [-0.2, -0.15) is 0 Å². The van der Waals surface area contributed by atoms with E-state index in [2.05, 4.69) is 10.3 Å². The summed E-state index contributed by atoms with van der Waals surface area (Å²) in [4.78, 5) is 30.7. The van der Waals surface area contributed by atoms with Gasteiger partial charge in [0.2, 0.25) is 5.91 Å². The lowest BCUT2D eigenvalue weighted by molar-refractivity contribution is -0.120. The van der Waals surface area contributed by atoms with Crippen LogP contribution in [0, 0.1) is 0 Å². The van der Waals surface area contributed by atoms with Gasteiger partial charge in [0, 0.05) is 5.39 Å². The molecule has 2 amide bonds. The van der Waals surface area contributed by atoms with Gasteiger partial charge < -0.3 is 11.1 Å². The first-order chi connectivity index (χ1) is 13.6. The number of nitrogens with zero attached hydrogens (tertiary/aromatic N) is 1. The van der Waals surface area contributed by atoms with Crippen LogP contribution in [0.2, 0.25) is 0 Å². The summed E-state index contributed by atoms with van der Waals surface area (Å²) < 4.78 is 0. The highest BCUT2D eigenvalue weighted by Crippen LogP contribution is 2.28. The van der Waals surface area contributed by atoms with Crippen molar-refractivity contribution in [3.8, 4) is 10.6 Å². The standard InChI is InChI=1S/C22H17N3O2S/c23-21(26)20(14-7-2-1-3-8-14)25-22(27)16-13-18(19-11-6-12-28-19)24-17-10-5-4-9-15(16)17/h1-13,20H,(H2,23,26)(H,25,27)/t20-/m1/s1. The molecular weight excluding hydrogens is 370 g/mol. The molecule has 0 radical (unpaired) electrons. The second kappa shape index (κ2) is 7.62. The molecule has 0 unspecified atom stereocenters. The second-order valence-corrected chi connectivity index (χ2v) is 7.22. The summed E-state index contributed by atoms with van der Waals surface area (Å²) in [6, 6.07) is 21.2. The number of hydrogen-bond acceptors (Lipinski definition) is 4. The Morgan fingerprint density at radius 2 is 1.71 bits per heavy atom. The number of carbonyl (C=O) groups is 2. The number of primary amides is 1. The minimum atomic E-state index is -0.911. The zero-order chi connectivity index (χ0) is 19.5. The third-order valence-corrected chi connectivity index (χ3v) is 5.32. The molecule has 2 heterocycles. The molecule has 0 bridgehead atoms. The Hall–Kier alpha value is -3.51. The number of nitrogens with two attached hydrogens (primary N) is 1. The highest BCUT2D eigenvalue weighted by molar-refractivity contribution is 7.13. The van der Waals surface area contributed by atoms with Gasteiger partial charge in [-0.3, -0.25) is 9.59 Å². The number of fused-ring (bicyclic) bond motifs is 1. The summed E-state index contributed by atoms with van der Waals surface area (Å²) in [5, 5.41) is 5.46. The summed E-state index contributed by atoms with van der Waals surface area (Å²) in [6.07, 6.45) is 0. The minimum absolute atomic E-state index is 0.371. The Morgan fingerprint density at radius 1 is 0.964 bits per heavy atom. The van der Waals surface area contributed by atoms with Gasteiger partial charge in [-0.25, -0.2) is 4.98 Å². The van der Waals surface area contributed by atoms with E-state index >= 15 is 0 Å². The molecule has 0 aliphatic rings. The van der Waals surface area contributed by atoms with Gasteiger partial charge >= 0.3 is 0 Å². The van der Waals surface area contributed by atoms with Gasteiger partial charge in [-0.15, -0.1) is 11.3 Å². The van der Waals surface area contributed by atoms with Gasteiger partial charge in [0.05, 0.1) is 21.7 Å².